The van der Waals surface area contributed by atoms with Gasteiger partial charge < -0.3 is 9.47 Å². The molecule has 0 spiro atoms. The van der Waals surface area contributed by atoms with Crippen LogP contribution in [0.3, 0.4) is 0 Å². The minimum atomic E-state index is -0.0976. The average molecular weight is 588 g/mol. The molecule has 2 aromatic carbocycles. The molecule has 236 valence electrons. The lowest BCUT2D eigenvalue weighted by Crippen LogP contribution is -2.37. The first-order valence-corrected chi connectivity index (χ1v) is 17.0. The molecule has 0 saturated heterocycles. The topological polar surface area (TPSA) is 49.2 Å². The van der Waals surface area contributed by atoms with E-state index in [2.05, 4.69) is 65.7 Å². The Labute approximate surface area is 261 Å². The highest BCUT2D eigenvalue weighted by Crippen LogP contribution is 2.45. The van der Waals surface area contributed by atoms with Gasteiger partial charge in [0.2, 0.25) is 0 Å². The van der Waals surface area contributed by atoms with Crippen molar-refractivity contribution >= 4 is 0 Å². The van der Waals surface area contributed by atoms with Crippen LogP contribution in [0.15, 0.2) is 36.5 Å². The molecule has 0 radical (unpaired) electrons. The van der Waals surface area contributed by atoms with E-state index in [0.29, 0.717) is 6.61 Å². The third kappa shape index (κ3) is 9.09. The van der Waals surface area contributed by atoms with Gasteiger partial charge in [0, 0.05) is 5.56 Å². The van der Waals surface area contributed by atoms with Crippen LogP contribution in [0.5, 0.6) is 11.5 Å². The summed E-state index contributed by atoms with van der Waals surface area (Å²) in [6.07, 6.45) is 16.0. The largest absolute Gasteiger partial charge is 0.487 e. The van der Waals surface area contributed by atoms with Crippen molar-refractivity contribution in [2.45, 2.75) is 138 Å². The number of ether oxygens (including phenoxy) is 2. The van der Waals surface area contributed by atoms with Gasteiger partial charge in [-0.15, -0.1) is 5.10 Å². The van der Waals surface area contributed by atoms with Crippen molar-refractivity contribution in [1.82, 2.24) is 15.0 Å². The number of benzene rings is 2. The van der Waals surface area contributed by atoms with E-state index in [0.717, 1.165) is 65.5 Å². The Morgan fingerprint density at radius 2 is 1.51 bits per heavy atom. The summed E-state index contributed by atoms with van der Waals surface area (Å²) in [6.45, 7) is 18.8. The number of hydrogen-bond donors (Lipinski definition) is 0. The zero-order valence-corrected chi connectivity index (χ0v) is 28.3. The molecule has 0 bridgehead atoms. The summed E-state index contributed by atoms with van der Waals surface area (Å²) in [5.41, 5.74) is 6.56. The normalized spacial score (nSPS) is 17.9. The minimum Gasteiger partial charge on any atom is -0.487 e. The van der Waals surface area contributed by atoms with Gasteiger partial charge in [0.05, 0.1) is 11.9 Å². The fourth-order valence-corrected chi connectivity index (χ4v) is 6.69. The third-order valence-electron chi connectivity index (χ3n) is 9.76. The molecule has 2 heterocycles. The van der Waals surface area contributed by atoms with Crippen LogP contribution >= 0.6 is 0 Å². The second kappa shape index (κ2) is 15.3. The van der Waals surface area contributed by atoms with Crippen LogP contribution in [0.1, 0.15) is 127 Å². The molecule has 0 unspecified atom stereocenters. The van der Waals surface area contributed by atoms with Crippen molar-refractivity contribution in [3.8, 4) is 17.2 Å². The first-order valence-electron chi connectivity index (χ1n) is 17.0. The molecular weight excluding hydrogens is 530 g/mol. The fourth-order valence-electron chi connectivity index (χ4n) is 6.69. The standard InChI is InChI=1S/C38H57N3O2/c1-27(2)15-12-16-28(3)17-13-18-29(4)19-14-23-38(8)24-22-35-32(7)36(30(5)31(6)37(35)43-38)42-26-33-25-41(40-39-33)34-20-10-9-11-21-34/h9-11,20-21,25,27-29H,12-19,22-24,26H2,1-8H3/t28-,29-,38-/m1/s1. The molecule has 3 aromatic rings. The van der Waals surface area contributed by atoms with Crippen molar-refractivity contribution in [2.75, 3.05) is 0 Å². The highest BCUT2D eigenvalue weighted by molar-refractivity contribution is 5.59. The van der Waals surface area contributed by atoms with Crippen molar-refractivity contribution in [3.05, 3.63) is 64.5 Å². The summed E-state index contributed by atoms with van der Waals surface area (Å²) in [7, 11) is 0. The number of fused-ring (bicyclic) bond motifs is 1. The van der Waals surface area contributed by atoms with Gasteiger partial charge in [-0.3, -0.25) is 0 Å². The fraction of sp³-hybridized carbons (Fsp3) is 0.632. The van der Waals surface area contributed by atoms with Gasteiger partial charge in [-0.1, -0.05) is 96.1 Å². The van der Waals surface area contributed by atoms with Crippen molar-refractivity contribution < 1.29 is 9.47 Å². The second-order valence-electron chi connectivity index (χ2n) is 14.2. The molecule has 4 rings (SSSR count). The van der Waals surface area contributed by atoms with Crippen LogP contribution in [0.2, 0.25) is 0 Å². The molecule has 0 aliphatic carbocycles. The van der Waals surface area contributed by atoms with Gasteiger partial charge in [-0.05, 0) is 100.0 Å². The molecule has 5 nitrogen and oxygen atoms in total. The Morgan fingerprint density at radius 3 is 2.19 bits per heavy atom. The van der Waals surface area contributed by atoms with Crippen LogP contribution < -0.4 is 9.47 Å². The van der Waals surface area contributed by atoms with E-state index < -0.39 is 0 Å². The maximum atomic E-state index is 6.85. The Balaban J connectivity index is 1.27. The number of aromatic nitrogens is 3. The number of nitrogens with zero attached hydrogens (tertiary/aromatic N) is 3. The summed E-state index contributed by atoms with van der Waals surface area (Å²) in [5.74, 6) is 4.55. The third-order valence-corrected chi connectivity index (χ3v) is 9.76. The van der Waals surface area contributed by atoms with Crippen molar-refractivity contribution in [1.29, 1.82) is 0 Å². The van der Waals surface area contributed by atoms with E-state index in [1.807, 2.05) is 36.5 Å². The zero-order chi connectivity index (χ0) is 31.0. The van der Waals surface area contributed by atoms with Crippen LogP contribution in [0, 0.1) is 38.5 Å². The molecule has 0 N–H and O–H groups in total. The predicted molar refractivity (Wildman–Crippen MR) is 178 cm³/mol. The monoisotopic (exact) mass is 587 g/mol. The molecule has 5 heteroatoms. The molecule has 1 aliphatic heterocycles. The Morgan fingerprint density at radius 1 is 0.860 bits per heavy atom. The molecule has 0 saturated carbocycles. The van der Waals surface area contributed by atoms with Crippen molar-refractivity contribution in [2.24, 2.45) is 17.8 Å². The highest BCUT2D eigenvalue weighted by Gasteiger charge is 2.34. The van der Waals surface area contributed by atoms with Crippen LogP contribution in [-0.2, 0) is 13.0 Å². The zero-order valence-electron chi connectivity index (χ0n) is 28.3. The number of rotatable bonds is 16. The van der Waals surface area contributed by atoms with E-state index in [1.54, 1.807) is 4.68 Å². The van der Waals surface area contributed by atoms with Crippen LogP contribution in [0.25, 0.3) is 5.69 Å². The second-order valence-corrected chi connectivity index (χ2v) is 14.2. The highest BCUT2D eigenvalue weighted by atomic mass is 16.5. The smallest absolute Gasteiger partial charge is 0.134 e. The predicted octanol–water partition coefficient (Wildman–Crippen LogP) is 10.3. The Bertz CT molecular complexity index is 1300. The lowest BCUT2D eigenvalue weighted by atomic mass is 9.83. The van der Waals surface area contributed by atoms with Gasteiger partial charge in [0.25, 0.3) is 0 Å². The molecule has 3 atom stereocenters. The Hall–Kier alpha value is -2.82. The van der Waals surface area contributed by atoms with E-state index in [9.17, 15) is 0 Å². The molecule has 43 heavy (non-hydrogen) atoms. The average Bonchev–Trinajstić information content (AvgIpc) is 3.45. The lowest BCUT2D eigenvalue weighted by Gasteiger charge is -2.38. The molecule has 0 fully saturated rings. The first kappa shape index (κ1) is 33.1. The van der Waals surface area contributed by atoms with E-state index in [-0.39, 0.29) is 5.60 Å². The summed E-state index contributed by atoms with van der Waals surface area (Å²) in [4.78, 5) is 0. The quantitative estimate of drug-likeness (QED) is 0.167. The van der Waals surface area contributed by atoms with Crippen molar-refractivity contribution in [3.63, 3.8) is 0 Å². The number of hydrogen-bond acceptors (Lipinski definition) is 4. The van der Waals surface area contributed by atoms with Gasteiger partial charge in [0.1, 0.15) is 29.4 Å². The summed E-state index contributed by atoms with van der Waals surface area (Å²) in [6, 6.07) is 10.0. The summed E-state index contributed by atoms with van der Waals surface area (Å²) >= 11 is 0. The van der Waals surface area contributed by atoms with Gasteiger partial charge in [-0.25, -0.2) is 4.68 Å². The van der Waals surface area contributed by atoms with E-state index in [1.165, 1.54) is 68.1 Å². The van der Waals surface area contributed by atoms with Gasteiger partial charge >= 0.3 is 0 Å². The first-order chi connectivity index (χ1) is 20.6. The van der Waals surface area contributed by atoms with Crippen LogP contribution in [0.4, 0.5) is 0 Å². The molecule has 1 aliphatic rings. The summed E-state index contributed by atoms with van der Waals surface area (Å²) < 4.78 is 15.0. The molecule has 1 aromatic heterocycles. The maximum absolute atomic E-state index is 6.85. The number of para-hydroxylation sites is 1. The maximum Gasteiger partial charge on any atom is 0.134 e. The molecule has 0 amide bonds. The van der Waals surface area contributed by atoms with Gasteiger partial charge in [0.15, 0.2) is 0 Å². The van der Waals surface area contributed by atoms with Gasteiger partial charge in [-0.2, -0.15) is 0 Å². The summed E-state index contributed by atoms with van der Waals surface area (Å²) in [5, 5.41) is 8.62. The molecular formula is C38H57N3O2. The van der Waals surface area contributed by atoms with E-state index in [4.69, 9.17) is 9.47 Å². The SMILES string of the molecule is Cc1c(C)c2c(c(C)c1OCc1cn(-c3ccccc3)nn1)CC[C@@](C)(CCC[C@H](C)CCC[C@H](C)CCCC(C)C)O2. The Kier molecular flexibility index (Phi) is 11.7. The lowest BCUT2D eigenvalue weighted by molar-refractivity contribution is 0.0511. The van der Waals surface area contributed by atoms with Crippen LogP contribution in [-0.4, -0.2) is 20.6 Å². The van der Waals surface area contributed by atoms with E-state index >= 15 is 0 Å². The minimum absolute atomic E-state index is 0.0976.